The Morgan fingerprint density at radius 2 is 1.83 bits per heavy atom. The van der Waals surface area contributed by atoms with Crippen molar-refractivity contribution in [2.45, 2.75) is 38.1 Å². The van der Waals surface area contributed by atoms with Gasteiger partial charge in [-0.2, -0.15) is 8.42 Å². The molecule has 0 saturated heterocycles. The van der Waals surface area contributed by atoms with Crippen molar-refractivity contribution in [1.29, 1.82) is 0 Å². The molecule has 0 unspecified atom stereocenters. The van der Waals surface area contributed by atoms with Crippen LogP contribution in [0.1, 0.15) is 30.9 Å². The summed E-state index contributed by atoms with van der Waals surface area (Å²) in [5.41, 5.74) is 2.82. The lowest BCUT2D eigenvalue weighted by Gasteiger charge is -2.26. The molecular formula is C18H23NO3S. The van der Waals surface area contributed by atoms with E-state index in [2.05, 4.69) is 17.9 Å². The minimum Gasteiger partial charge on any atom is -0.367 e. The summed E-state index contributed by atoms with van der Waals surface area (Å²) in [5.74, 6) is 0. The number of benzene rings is 2. The molecule has 1 N–H and O–H groups in total. The monoisotopic (exact) mass is 333 g/mol. The van der Waals surface area contributed by atoms with E-state index in [-0.39, 0.29) is 4.90 Å². The Kier molecular flexibility index (Phi) is 5.80. The van der Waals surface area contributed by atoms with Gasteiger partial charge in [0.05, 0.1) is 4.90 Å². The number of anilines is 1. The van der Waals surface area contributed by atoms with Gasteiger partial charge in [0.25, 0.3) is 10.1 Å². The molecule has 0 aliphatic carbocycles. The fourth-order valence-corrected chi connectivity index (χ4v) is 3.28. The van der Waals surface area contributed by atoms with Gasteiger partial charge in [-0.1, -0.05) is 43.7 Å². The number of hydrogen-bond acceptors (Lipinski definition) is 3. The third-order valence-electron chi connectivity index (χ3n) is 3.76. The van der Waals surface area contributed by atoms with Crippen molar-refractivity contribution < 1.29 is 13.0 Å². The second kappa shape index (κ2) is 7.62. The molecule has 2 aromatic carbocycles. The molecule has 0 radical (unpaired) electrons. The second-order valence-corrected chi connectivity index (χ2v) is 7.09. The van der Waals surface area contributed by atoms with E-state index in [9.17, 15) is 13.0 Å². The van der Waals surface area contributed by atoms with Crippen molar-refractivity contribution in [1.82, 2.24) is 0 Å². The Balaban J connectivity index is 2.36. The highest BCUT2D eigenvalue weighted by Crippen LogP contribution is 2.23. The normalized spacial score (nSPS) is 11.4. The average Bonchev–Trinajstić information content (AvgIpc) is 2.51. The average molecular weight is 333 g/mol. The molecule has 0 heterocycles. The topological polar surface area (TPSA) is 57.6 Å². The molecule has 2 rings (SSSR count). The van der Waals surface area contributed by atoms with Crippen LogP contribution in [0.5, 0.6) is 0 Å². The zero-order chi connectivity index (χ0) is 16.9. The van der Waals surface area contributed by atoms with Crippen LogP contribution in [0, 0.1) is 6.92 Å². The van der Waals surface area contributed by atoms with Crippen LogP contribution in [-0.4, -0.2) is 19.5 Å². The Morgan fingerprint density at radius 3 is 2.48 bits per heavy atom. The summed E-state index contributed by atoms with van der Waals surface area (Å²) in [4.78, 5) is 2.13. The van der Waals surface area contributed by atoms with Crippen LogP contribution < -0.4 is 4.90 Å². The van der Waals surface area contributed by atoms with Crippen molar-refractivity contribution in [3.63, 3.8) is 0 Å². The lowest BCUT2D eigenvalue weighted by atomic mass is 10.1. The first kappa shape index (κ1) is 17.5. The van der Waals surface area contributed by atoms with Crippen LogP contribution in [0.3, 0.4) is 0 Å². The first-order chi connectivity index (χ1) is 10.9. The molecular weight excluding hydrogens is 310 g/mol. The lowest BCUT2D eigenvalue weighted by Crippen LogP contribution is -2.25. The van der Waals surface area contributed by atoms with E-state index in [1.165, 1.54) is 6.07 Å². The van der Waals surface area contributed by atoms with Crippen molar-refractivity contribution in [3.8, 4) is 0 Å². The van der Waals surface area contributed by atoms with E-state index in [0.29, 0.717) is 12.1 Å². The zero-order valence-corrected chi connectivity index (χ0v) is 14.4. The SMILES string of the molecule is CCCCN(Cc1ccccc1S(=O)(=O)O)c1cccc(C)c1. The van der Waals surface area contributed by atoms with Gasteiger partial charge in [-0.05, 0) is 42.7 Å². The van der Waals surface area contributed by atoms with Gasteiger partial charge >= 0.3 is 0 Å². The van der Waals surface area contributed by atoms with Gasteiger partial charge in [-0.3, -0.25) is 4.55 Å². The fraction of sp³-hybridized carbons (Fsp3) is 0.333. The highest BCUT2D eigenvalue weighted by molar-refractivity contribution is 7.85. The predicted octanol–water partition coefficient (Wildman–Crippen LogP) is 4.05. The van der Waals surface area contributed by atoms with Crippen molar-refractivity contribution in [2.24, 2.45) is 0 Å². The molecule has 4 nitrogen and oxygen atoms in total. The van der Waals surface area contributed by atoms with Gasteiger partial charge in [-0.15, -0.1) is 0 Å². The summed E-state index contributed by atoms with van der Waals surface area (Å²) in [6.07, 6.45) is 2.07. The van der Waals surface area contributed by atoms with Crippen LogP contribution in [0.2, 0.25) is 0 Å². The number of aryl methyl sites for hydroxylation is 1. The quantitative estimate of drug-likeness (QED) is 0.777. The molecule has 0 aromatic heterocycles. The third kappa shape index (κ3) is 4.81. The largest absolute Gasteiger partial charge is 0.367 e. The highest BCUT2D eigenvalue weighted by Gasteiger charge is 2.17. The Hall–Kier alpha value is -1.85. The molecule has 0 aliphatic heterocycles. The minimum absolute atomic E-state index is 0.0193. The third-order valence-corrected chi connectivity index (χ3v) is 4.71. The van der Waals surface area contributed by atoms with Gasteiger partial charge in [0, 0.05) is 18.8 Å². The van der Waals surface area contributed by atoms with Crippen molar-refractivity contribution in [3.05, 3.63) is 59.7 Å². The summed E-state index contributed by atoms with van der Waals surface area (Å²) < 4.78 is 32.6. The predicted molar refractivity (Wildman–Crippen MR) is 93.4 cm³/mol. The highest BCUT2D eigenvalue weighted by atomic mass is 32.2. The summed E-state index contributed by atoms with van der Waals surface area (Å²) in [5, 5.41) is 0. The smallest absolute Gasteiger partial charge is 0.294 e. The summed E-state index contributed by atoms with van der Waals surface area (Å²) in [6.45, 7) is 5.44. The molecule has 0 aliphatic rings. The van der Waals surface area contributed by atoms with E-state index in [0.717, 1.165) is 30.6 Å². The Morgan fingerprint density at radius 1 is 1.09 bits per heavy atom. The number of hydrogen-bond donors (Lipinski definition) is 1. The van der Waals surface area contributed by atoms with Crippen LogP contribution in [-0.2, 0) is 16.7 Å². The first-order valence-corrected chi connectivity index (χ1v) is 9.23. The molecule has 0 bridgehead atoms. The van der Waals surface area contributed by atoms with Gasteiger partial charge in [0.15, 0.2) is 0 Å². The van der Waals surface area contributed by atoms with E-state index >= 15 is 0 Å². The van der Waals surface area contributed by atoms with Crippen LogP contribution in [0.25, 0.3) is 0 Å². The number of unbranched alkanes of at least 4 members (excludes halogenated alkanes) is 1. The Labute approximate surface area is 138 Å². The molecule has 5 heteroatoms. The molecule has 23 heavy (non-hydrogen) atoms. The van der Waals surface area contributed by atoms with Gasteiger partial charge in [0.2, 0.25) is 0 Å². The fourth-order valence-electron chi connectivity index (χ4n) is 2.56. The summed E-state index contributed by atoms with van der Waals surface area (Å²) >= 11 is 0. The number of rotatable bonds is 7. The second-order valence-electron chi connectivity index (χ2n) is 5.70. The molecule has 0 fully saturated rings. The molecule has 0 amide bonds. The molecule has 0 atom stereocenters. The molecule has 0 saturated carbocycles. The van der Waals surface area contributed by atoms with Crippen molar-refractivity contribution in [2.75, 3.05) is 11.4 Å². The van der Waals surface area contributed by atoms with Gasteiger partial charge < -0.3 is 4.90 Å². The molecule has 0 spiro atoms. The maximum atomic E-state index is 11.6. The van der Waals surface area contributed by atoms with Crippen LogP contribution in [0.15, 0.2) is 53.4 Å². The standard InChI is InChI=1S/C18H23NO3S/c1-3-4-12-19(17-10-7-8-15(2)13-17)14-16-9-5-6-11-18(16)23(20,21)22/h5-11,13H,3-4,12,14H2,1-2H3,(H,20,21,22). The van der Waals surface area contributed by atoms with Crippen LogP contribution >= 0.6 is 0 Å². The number of nitrogens with zero attached hydrogens (tertiary/aromatic N) is 1. The molecule has 124 valence electrons. The van der Waals surface area contributed by atoms with Crippen molar-refractivity contribution >= 4 is 15.8 Å². The van der Waals surface area contributed by atoms with Crippen LogP contribution in [0.4, 0.5) is 5.69 Å². The summed E-state index contributed by atoms with van der Waals surface area (Å²) in [6, 6.07) is 14.8. The maximum absolute atomic E-state index is 11.6. The Bertz CT molecular complexity index is 756. The first-order valence-electron chi connectivity index (χ1n) is 7.79. The van der Waals surface area contributed by atoms with E-state index in [1.54, 1.807) is 18.2 Å². The summed E-state index contributed by atoms with van der Waals surface area (Å²) in [7, 11) is -4.22. The maximum Gasteiger partial charge on any atom is 0.294 e. The van der Waals surface area contributed by atoms with Gasteiger partial charge in [-0.25, -0.2) is 0 Å². The van der Waals surface area contributed by atoms with E-state index in [1.807, 2.05) is 25.1 Å². The minimum atomic E-state index is -4.22. The zero-order valence-electron chi connectivity index (χ0n) is 13.6. The van der Waals surface area contributed by atoms with E-state index in [4.69, 9.17) is 0 Å². The molecule has 2 aromatic rings. The van der Waals surface area contributed by atoms with Gasteiger partial charge in [0.1, 0.15) is 0 Å². The lowest BCUT2D eigenvalue weighted by molar-refractivity contribution is 0.482. The van der Waals surface area contributed by atoms with E-state index < -0.39 is 10.1 Å².